The molecule has 3 rings (SSSR count). The van der Waals surface area contributed by atoms with Crippen LogP contribution >= 0.6 is 11.8 Å². The Kier molecular flexibility index (Phi) is 5.86. The number of carboxylic acid groups (broad SMARTS) is 1. The molecule has 0 unspecified atom stereocenters. The predicted molar refractivity (Wildman–Crippen MR) is 99.1 cm³/mol. The Morgan fingerprint density at radius 1 is 1.23 bits per heavy atom. The molecule has 6 nitrogen and oxygen atoms in total. The summed E-state index contributed by atoms with van der Waals surface area (Å²) >= 11 is 1.72. The smallest absolute Gasteiger partial charge is 0.323 e. The Labute approximate surface area is 157 Å². The molecule has 1 aromatic rings. The van der Waals surface area contributed by atoms with Crippen LogP contribution in [0.25, 0.3) is 0 Å². The number of aliphatic carboxylic acids is 1. The summed E-state index contributed by atoms with van der Waals surface area (Å²) in [5.74, 6) is -0.405. The molecule has 1 N–H and O–H groups in total. The molecule has 0 radical (unpaired) electrons. The molecule has 0 saturated carbocycles. The van der Waals surface area contributed by atoms with E-state index in [-0.39, 0.29) is 30.3 Å². The second-order valence-corrected chi connectivity index (χ2v) is 7.91. The highest BCUT2D eigenvalue weighted by molar-refractivity contribution is 7.99. The lowest BCUT2D eigenvalue weighted by molar-refractivity contribution is -0.145. The van der Waals surface area contributed by atoms with Crippen LogP contribution in [-0.4, -0.2) is 64.1 Å². The first-order chi connectivity index (χ1) is 12.5. The third-order valence-electron chi connectivity index (χ3n) is 5.16. The first kappa shape index (κ1) is 18.8. The van der Waals surface area contributed by atoms with E-state index >= 15 is 0 Å². The third kappa shape index (κ3) is 4.03. The number of hydrogen-bond acceptors (Lipinski definition) is 4. The topological polar surface area (TPSA) is 77.9 Å². The largest absolute Gasteiger partial charge is 0.480 e. The fourth-order valence-electron chi connectivity index (χ4n) is 3.84. The lowest BCUT2D eigenvalue weighted by atomic mass is 10.00. The van der Waals surface area contributed by atoms with E-state index in [1.165, 1.54) is 16.7 Å². The zero-order chi connectivity index (χ0) is 18.7. The highest BCUT2D eigenvalue weighted by atomic mass is 32.2. The maximum atomic E-state index is 13.0. The highest BCUT2D eigenvalue weighted by Crippen LogP contribution is 2.40. The van der Waals surface area contributed by atoms with Gasteiger partial charge in [0.05, 0.1) is 5.92 Å². The molecule has 26 heavy (non-hydrogen) atoms. The van der Waals surface area contributed by atoms with Gasteiger partial charge in [-0.05, 0) is 30.9 Å². The standard InChI is InChI=1S/C19H24N2O4S/c1-13(22)21(11-18(23)24)14-5-4-9-20(10-8-14)19(25)16-12-26-17-7-3-2-6-15(16)17/h2-3,6-7,14,16H,4-5,8-12H2,1H3,(H,23,24)/t14-,16+/m1/s1. The van der Waals surface area contributed by atoms with E-state index in [4.69, 9.17) is 5.11 Å². The molecular formula is C19H24N2O4S. The minimum atomic E-state index is -1.00. The summed E-state index contributed by atoms with van der Waals surface area (Å²) in [6, 6.07) is 7.94. The molecule has 2 atom stereocenters. The van der Waals surface area contributed by atoms with E-state index in [1.807, 2.05) is 23.1 Å². The number of thioether (sulfide) groups is 1. The van der Waals surface area contributed by atoms with Gasteiger partial charge in [0.15, 0.2) is 0 Å². The van der Waals surface area contributed by atoms with Crippen LogP contribution in [0.15, 0.2) is 29.2 Å². The number of likely N-dealkylation sites (tertiary alicyclic amines) is 1. The minimum absolute atomic E-state index is 0.101. The number of hydrogen-bond donors (Lipinski definition) is 1. The lowest BCUT2D eigenvalue weighted by Gasteiger charge is -2.29. The van der Waals surface area contributed by atoms with Crippen molar-refractivity contribution in [1.29, 1.82) is 0 Å². The summed E-state index contributed by atoms with van der Waals surface area (Å²) in [6.07, 6.45) is 2.13. The third-order valence-corrected chi connectivity index (χ3v) is 6.34. The van der Waals surface area contributed by atoms with E-state index in [2.05, 4.69) is 6.07 Å². The number of amides is 2. The van der Waals surface area contributed by atoms with Gasteiger partial charge in [0.25, 0.3) is 0 Å². The fourth-order valence-corrected chi connectivity index (χ4v) is 5.06. The van der Waals surface area contributed by atoms with Gasteiger partial charge in [0.1, 0.15) is 6.54 Å². The monoisotopic (exact) mass is 376 g/mol. The van der Waals surface area contributed by atoms with E-state index in [0.29, 0.717) is 19.5 Å². The zero-order valence-corrected chi connectivity index (χ0v) is 15.7. The number of carbonyl (C=O) groups excluding carboxylic acids is 2. The number of fused-ring (bicyclic) bond motifs is 1. The van der Waals surface area contributed by atoms with Crippen molar-refractivity contribution in [3.63, 3.8) is 0 Å². The first-order valence-electron chi connectivity index (χ1n) is 8.97. The van der Waals surface area contributed by atoms with Crippen LogP contribution in [0.1, 0.15) is 37.7 Å². The summed E-state index contributed by atoms with van der Waals surface area (Å²) in [5.41, 5.74) is 1.11. The van der Waals surface area contributed by atoms with Gasteiger partial charge in [-0.3, -0.25) is 14.4 Å². The molecule has 2 aliphatic rings. The van der Waals surface area contributed by atoms with Crippen LogP contribution in [0.5, 0.6) is 0 Å². The lowest BCUT2D eigenvalue weighted by Crippen LogP contribution is -2.43. The van der Waals surface area contributed by atoms with Crippen molar-refractivity contribution in [1.82, 2.24) is 9.80 Å². The Balaban J connectivity index is 1.66. The van der Waals surface area contributed by atoms with Crippen LogP contribution < -0.4 is 0 Å². The second kappa shape index (κ2) is 8.12. The Morgan fingerprint density at radius 2 is 2.00 bits per heavy atom. The van der Waals surface area contributed by atoms with Gasteiger partial charge < -0.3 is 14.9 Å². The molecule has 0 aromatic heterocycles. The molecule has 7 heteroatoms. The predicted octanol–water partition coefficient (Wildman–Crippen LogP) is 2.19. The van der Waals surface area contributed by atoms with E-state index in [0.717, 1.165) is 24.2 Å². The van der Waals surface area contributed by atoms with Crippen molar-refractivity contribution < 1.29 is 19.5 Å². The van der Waals surface area contributed by atoms with Gasteiger partial charge in [0, 0.05) is 36.7 Å². The summed E-state index contributed by atoms with van der Waals surface area (Å²) in [7, 11) is 0. The molecule has 140 valence electrons. The molecule has 1 fully saturated rings. The van der Waals surface area contributed by atoms with Gasteiger partial charge in [0.2, 0.25) is 11.8 Å². The van der Waals surface area contributed by atoms with Crippen LogP contribution in [0.2, 0.25) is 0 Å². The molecule has 1 saturated heterocycles. The van der Waals surface area contributed by atoms with Gasteiger partial charge >= 0.3 is 5.97 Å². The Bertz CT molecular complexity index is 709. The van der Waals surface area contributed by atoms with Crippen LogP contribution in [-0.2, 0) is 14.4 Å². The van der Waals surface area contributed by atoms with E-state index < -0.39 is 5.97 Å². The van der Waals surface area contributed by atoms with E-state index in [1.54, 1.807) is 11.8 Å². The normalized spacial score (nSPS) is 22.4. The summed E-state index contributed by atoms with van der Waals surface area (Å²) in [6.45, 7) is 2.36. The number of nitrogens with zero attached hydrogens (tertiary/aromatic N) is 2. The van der Waals surface area contributed by atoms with Gasteiger partial charge in [-0.2, -0.15) is 0 Å². The van der Waals surface area contributed by atoms with Crippen LogP contribution in [0.3, 0.4) is 0 Å². The maximum absolute atomic E-state index is 13.0. The molecule has 0 bridgehead atoms. The van der Waals surface area contributed by atoms with Crippen LogP contribution in [0, 0.1) is 0 Å². The zero-order valence-electron chi connectivity index (χ0n) is 14.9. The molecule has 0 spiro atoms. The summed E-state index contributed by atoms with van der Waals surface area (Å²) in [4.78, 5) is 40.4. The number of carboxylic acids is 1. The summed E-state index contributed by atoms with van der Waals surface area (Å²) < 4.78 is 0. The second-order valence-electron chi connectivity index (χ2n) is 6.85. The van der Waals surface area contributed by atoms with Crippen molar-refractivity contribution in [2.24, 2.45) is 0 Å². The van der Waals surface area contributed by atoms with Crippen molar-refractivity contribution in [3.8, 4) is 0 Å². The quantitative estimate of drug-likeness (QED) is 0.872. The SMILES string of the molecule is CC(=O)N(CC(=O)O)[C@@H]1CCCN(C(=O)[C@H]2CSc3ccccc32)CC1. The van der Waals surface area contributed by atoms with Gasteiger partial charge in [-0.1, -0.05) is 18.2 Å². The average molecular weight is 376 g/mol. The summed E-state index contributed by atoms with van der Waals surface area (Å²) in [5, 5.41) is 9.05. The van der Waals surface area contributed by atoms with Crippen molar-refractivity contribution in [3.05, 3.63) is 29.8 Å². The van der Waals surface area contributed by atoms with Gasteiger partial charge in [-0.15, -0.1) is 11.8 Å². The van der Waals surface area contributed by atoms with Crippen molar-refractivity contribution in [2.75, 3.05) is 25.4 Å². The molecule has 2 amide bonds. The molecule has 1 aromatic carbocycles. The van der Waals surface area contributed by atoms with Crippen LogP contribution in [0.4, 0.5) is 0 Å². The molecule has 2 heterocycles. The molecular weight excluding hydrogens is 352 g/mol. The van der Waals surface area contributed by atoms with E-state index in [9.17, 15) is 14.4 Å². The Morgan fingerprint density at radius 3 is 2.73 bits per heavy atom. The Hall–Kier alpha value is -2.02. The minimum Gasteiger partial charge on any atom is -0.480 e. The maximum Gasteiger partial charge on any atom is 0.323 e. The fraction of sp³-hybridized carbons (Fsp3) is 0.526. The highest BCUT2D eigenvalue weighted by Gasteiger charge is 2.34. The number of benzene rings is 1. The number of rotatable bonds is 4. The molecule has 0 aliphatic carbocycles. The van der Waals surface area contributed by atoms with Crippen molar-refractivity contribution >= 4 is 29.5 Å². The van der Waals surface area contributed by atoms with Gasteiger partial charge in [-0.25, -0.2) is 0 Å². The van der Waals surface area contributed by atoms with Crippen molar-refractivity contribution in [2.45, 2.75) is 43.0 Å². The number of carbonyl (C=O) groups is 3. The molecule has 2 aliphatic heterocycles. The average Bonchev–Trinajstić information content (AvgIpc) is 2.88. The first-order valence-corrected chi connectivity index (χ1v) is 9.95.